The Kier molecular flexibility index (Phi) is 6.46. The number of benzene rings is 2. The van der Waals surface area contributed by atoms with E-state index in [9.17, 15) is 18.4 Å². The molecule has 5 nitrogen and oxygen atoms in total. The number of carbonyl (C=O) groups is 2. The lowest BCUT2D eigenvalue weighted by atomic mass is 10.1. The second kappa shape index (κ2) is 9.20. The van der Waals surface area contributed by atoms with Crippen LogP contribution in [0.2, 0.25) is 0 Å². The largest absolute Gasteiger partial charge is 0.435 e. The van der Waals surface area contributed by atoms with Crippen molar-refractivity contribution in [2.75, 3.05) is 4.90 Å². The average molecular weight is 414 g/mol. The van der Waals surface area contributed by atoms with Gasteiger partial charge in [0.2, 0.25) is 5.91 Å². The summed E-state index contributed by atoms with van der Waals surface area (Å²) in [5.41, 5.74) is 1.55. The van der Waals surface area contributed by atoms with Crippen LogP contribution in [0.25, 0.3) is 6.08 Å². The molecule has 1 amide bonds. The SMILES string of the molecule is CC(=O)N(c1ccccc1)c1nc(/C=C/C(=O)c2ccc(OC(F)F)cc2)cs1. The van der Waals surface area contributed by atoms with Crippen molar-refractivity contribution in [1.82, 2.24) is 4.98 Å². The predicted octanol–water partition coefficient (Wildman–Crippen LogP) is 5.33. The van der Waals surface area contributed by atoms with Crippen LogP contribution < -0.4 is 9.64 Å². The molecule has 148 valence electrons. The number of alkyl halides is 2. The van der Waals surface area contributed by atoms with E-state index in [1.54, 1.807) is 5.38 Å². The van der Waals surface area contributed by atoms with Gasteiger partial charge in [0, 0.05) is 17.9 Å². The molecule has 1 heterocycles. The van der Waals surface area contributed by atoms with Gasteiger partial charge in [-0.05, 0) is 48.6 Å². The van der Waals surface area contributed by atoms with E-state index in [1.807, 2.05) is 30.3 Å². The smallest absolute Gasteiger partial charge is 0.387 e. The first-order valence-corrected chi connectivity index (χ1v) is 9.40. The molecule has 0 unspecified atom stereocenters. The topological polar surface area (TPSA) is 59.5 Å². The van der Waals surface area contributed by atoms with Gasteiger partial charge in [-0.2, -0.15) is 8.78 Å². The maximum Gasteiger partial charge on any atom is 0.387 e. The van der Waals surface area contributed by atoms with Gasteiger partial charge in [-0.3, -0.25) is 14.5 Å². The van der Waals surface area contributed by atoms with Crippen LogP contribution >= 0.6 is 11.3 Å². The number of ether oxygens (including phenoxy) is 1. The third-order valence-electron chi connectivity index (χ3n) is 3.80. The lowest BCUT2D eigenvalue weighted by molar-refractivity contribution is -0.115. The van der Waals surface area contributed by atoms with Crippen LogP contribution in [0, 0.1) is 0 Å². The molecular weight excluding hydrogens is 398 g/mol. The van der Waals surface area contributed by atoms with Gasteiger partial charge in [0.15, 0.2) is 10.9 Å². The summed E-state index contributed by atoms with van der Waals surface area (Å²) >= 11 is 1.28. The Hall–Kier alpha value is -3.39. The summed E-state index contributed by atoms with van der Waals surface area (Å²) in [6.07, 6.45) is 2.87. The zero-order valence-corrected chi connectivity index (χ0v) is 16.1. The third kappa shape index (κ3) is 5.32. The molecule has 29 heavy (non-hydrogen) atoms. The summed E-state index contributed by atoms with van der Waals surface area (Å²) in [5.74, 6) is -0.507. The minimum Gasteiger partial charge on any atom is -0.435 e. The first-order chi connectivity index (χ1) is 13.9. The molecule has 0 spiro atoms. The van der Waals surface area contributed by atoms with Crippen LogP contribution in [0.3, 0.4) is 0 Å². The molecule has 0 radical (unpaired) electrons. The molecule has 0 aliphatic rings. The van der Waals surface area contributed by atoms with Crippen LogP contribution in [-0.4, -0.2) is 23.3 Å². The highest BCUT2D eigenvalue weighted by Gasteiger charge is 2.17. The Bertz CT molecular complexity index is 1020. The van der Waals surface area contributed by atoms with E-state index in [2.05, 4.69) is 9.72 Å². The summed E-state index contributed by atoms with van der Waals surface area (Å²) in [4.78, 5) is 30.2. The fraction of sp³-hybridized carbons (Fsp3) is 0.0952. The molecular formula is C21H16F2N2O3S. The average Bonchev–Trinajstić information content (AvgIpc) is 3.15. The van der Waals surface area contributed by atoms with Crippen molar-refractivity contribution in [3.05, 3.63) is 77.3 Å². The minimum atomic E-state index is -2.92. The third-order valence-corrected chi connectivity index (χ3v) is 4.64. The number of anilines is 2. The Labute approximate surface area is 169 Å². The highest BCUT2D eigenvalue weighted by Crippen LogP contribution is 2.29. The van der Waals surface area contributed by atoms with E-state index in [0.717, 1.165) is 0 Å². The molecule has 0 fully saturated rings. The van der Waals surface area contributed by atoms with Crippen LogP contribution in [-0.2, 0) is 4.79 Å². The maximum absolute atomic E-state index is 12.3. The predicted molar refractivity (Wildman–Crippen MR) is 108 cm³/mol. The number of halogens is 2. The van der Waals surface area contributed by atoms with Crippen LogP contribution in [0.4, 0.5) is 19.6 Å². The number of rotatable bonds is 7. The summed E-state index contributed by atoms with van der Waals surface area (Å²) in [6.45, 7) is -1.46. The summed E-state index contributed by atoms with van der Waals surface area (Å²) < 4.78 is 28.6. The van der Waals surface area contributed by atoms with Crippen molar-refractivity contribution in [3.8, 4) is 5.75 Å². The number of amides is 1. The van der Waals surface area contributed by atoms with Gasteiger partial charge in [0.1, 0.15) is 5.75 Å². The summed E-state index contributed by atoms with van der Waals surface area (Å²) in [6, 6.07) is 14.6. The molecule has 2 aromatic carbocycles. The Balaban J connectivity index is 1.72. The van der Waals surface area contributed by atoms with E-state index < -0.39 is 6.61 Å². The Morgan fingerprint density at radius 2 is 1.79 bits per heavy atom. The lowest BCUT2D eigenvalue weighted by Gasteiger charge is -2.17. The van der Waals surface area contributed by atoms with Gasteiger partial charge < -0.3 is 4.74 Å². The van der Waals surface area contributed by atoms with Crippen molar-refractivity contribution in [3.63, 3.8) is 0 Å². The number of nitrogens with zero attached hydrogens (tertiary/aromatic N) is 2. The van der Waals surface area contributed by atoms with E-state index in [0.29, 0.717) is 22.1 Å². The quantitative estimate of drug-likeness (QED) is 0.388. The van der Waals surface area contributed by atoms with Crippen LogP contribution in [0.5, 0.6) is 5.75 Å². The Morgan fingerprint density at radius 3 is 2.41 bits per heavy atom. The maximum atomic E-state index is 12.3. The fourth-order valence-electron chi connectivity index (χ4n) is 2.52. The number of aromatic nitrogens is 1. The monoisotopic (exact) mass is 414 g/mol. The normalized spacial score (nSPS) is 11.0. The summed E-state index contributed by atoms with van der Waals surface area (Å²) in [7, 11) is 0. The number of thiazole rings is 1. The number of para-hydroxylation sites is 1. The number of hydrogen-bond acceptors (Lipinski definition) is 5. The van der Waals surface area contributed by atoms with E-state index in [4.69, 9.17) is 0 Å². The molecule has 3 rings (SSSR count). The second-order valence-corrected chi connectivity index (χ2v) is 6.68. The first kappa shape index (κ1) is 20.3. The molecule has 0 aliphatic carbocycles. The van der Waals surface area contributed by atoms with E-state index >= 15 is 0 Å². The molecule has 8 heteroatoms. The molecule has 0 aliphatic heterocycles. The number of allylic oxidation sites excluding steroid dienone is 1. The molecule has 0 saturated heterocycles. The minimum absolute atomic E-state index is 0.0186. The Morgan fingerprint density at radius 1 is 1.10 bits per heavy atom. The lowest BCUT2D eigenvalue weighted by Crippen LogP contribution is -2.22. The molecule has 1 aromatic heterocycles. The van der Waals surface area contributed by atoms with E-state index in [1.165, 1.54) is 59.6 Å². The highest BCUT2D eigenvalue weighted by molar-refractivity contribution is 7.14. The number of carbonyl (C=O) groups excluding carboxylic acids is 2. The molecule has 0 N–H and O–H groups in total. The van der Waals surface area contributed by atoms with Gasteiger partial charge in [-0.1, -0.05) is 18.2 Å². The second-order valence-electron chi connectivity index (χ2n) is 5.85. The van der Waals surface area contributed by atoms with E-state index in [-0.39, 0.29) is 17.4 Å². The van der Waals surface area contributed by atoms with Gasteiger partial charge in [0.25, 0.3) is 0 Å². The van der Waals surface area contributed by atoms with Crippen molar-refractivity contribution in [1.29, 1.82) is 0 Å². The summed E-state index contributed by atoms with van der Waals surface area (Å²) in [5, 5.41) is 2.22. The zero-order chi connectivity index (χ0) is 20.8. The van der Waals surface area contributed by atoms with Crippen LogP contribution in [0.15, 0.2) is 66.1 Å². The molecule has 3 aromatic rings. The van der Waals surface area contributed by atoms with Gasteiger partial charge in [0.05, 0.1) is 11.4 Å². The molecule has 0 bridgehead atoms. The standard InChI is InChI=1S/C21H16F2N2O3S/c1-14(26)25(17-5-3-2-4-6-17)21-24-16(13-29-21)9-12-19(27)15-7-10-18(11-8-15)28-20(22)23/h2-13,20H,1H3/b12-9+. The molecule has 0 atom stereocenters. The fourth-order valence-corrected chi connectivity index (χ4v) is 3.37. The van der Waals surface area contributed by atoms with Crippen molar-refractivity contribution >= 4 is 39.9 Å². The van der Waals surface area contributed by atoms with Crippen molar-refractivity contribution in [2.24, 2.45) is 0 Å². The number of ketones is 1. The number of hydrogen-bond donors (Lipinski definition) is 0. The van der Waals surface area contributed by atoms with Gasteiger partial charge in [-0.25, -0.2) is 4.98 Å². The van der Waals surface area contributed by atoms with Gasteiger partial charge in [-0.15, -0.1) is 11.3 Å². The first-order valence-electron chi connectivity index (χ1n) is 8.52. The zero-order valence-electron chi connectivity index (χ0n) is 15.3. The van der Waals surface area contributed by atoms with Crippen molar-refractivity contribution in [2.45, 2.75) is 13.5 Å². The molecule has 0 saturated carbocycles. The van der Waals surface area contributed by atoms with Crippen molar-refractivity contribution < 1.29 is 23.1 Å². The van der Waals surface area contributed by atoms with Crippen LogP contribution in [0.1, 0.15) is 23.0 Å². The van der Waals surface area contributed by atoms with Gasteiger partial charge >= 0.3 is 6.61 Å². The highest BCUT2D eigenvalue weighted by atomic mass is 32.1.